The van der Waals surface area contributed by atoms with Crippen molar-refractivity contribution in [2.24, 2.45) is 5.10 Å². The van der Waals surface area contributed by atoms with Crippen LogP contribution in [0.3, 0.4) is 0 Å². The summed E-state index contributed by atoms with van der Waals surface area (Å²) in [6.07, 6.45) is 1.43. The molecule has 2 aromatic carbocycles. The van der Waals surface area contributed by atoms with E-state index in [1.54, 1.807) is 18.2 Å². The Balaban J connectivity index is 2.07. The Morgan fingerprint density at radius 1 is 1.25 bits per heavy atom. The van der Waals surface area contributed by atoms with Crippen LogP contribution in [0.2, 0.25) is 0 Å². The molecule has 0 bridgehead atoms. The number of nitrogens with zero attached hydrogens (tertiary/aromatic N) is 3. The summed E-state index contributed by atoms with van der Waals surface area (Å²) in [7, 11) is 0. The first kappa shape index (κ1) is 15.8. The fourth-order valence-electron chi connectivity index (χ4n) is 2.31. The lowest BCUT2D eigenvalue weighted by Gasteiger charge is -2.07. The van der Waals surface area contributed by atoms with Crippen molar-refractivity contribution in [1.29, 1.82) is 0 Å². The maximum Gasteiger partial charge on any atom is 0.216 e. The van der Waals surface area contributed by atoms with Crippen molar-refractivity contribution in [2.75, 3.05) is 0 Å². The van der Waals surface area contributed by atoms with Crippen molar-refractivity contribution in [3.63, 3.8) is 0 Å². The molecule has 0 unspecified atom stereocenters. The first-order valence-corrected chi connectivity index (χ1v) is 7.57. The highest BCUT2D eigenvalue weighted by Gasteiger charge is 2.10. The predicted molar refractivity (Wildman–Crippen MR) is 91.3 cm³/mol. The van der Waals surface area contributed by atoms with E-state index in [-0.39, 0.29) is 5.56 Å². The summed E-state index contributed by atoms with van der Waals surface area (Å²) < 4.78 is 1.78. The van der Waals surface area contributed by atoms with E-state index in [1.807, 2.05) is 31.2 Å². The molecule has 0 aliphatic heterocycles. The summed E-state index contributed by atoms with van der Waals surface area (Å²) in [4.78, 5) is 11.2. The van der Waals surface area contributed by atoms with Gasteiger partial charge in [0.25, 0.3) is 0 Å². The molecule has 0 spiro atoms. The molecule has 0 atom stereocenters. The highest BCUT2D eigenvalue weighted by molar-refractivity contribution is 7.71. The van der Waals surface area contributed by atoms with E-state index in [9.17, 15) is 9.90 Å². The SMILES string of the molecule is Cc1ccccc1-c1n[nH]c(=S)n1N=Cc1ccccc1C(=O)[O-]. The third-order valence-electron chi connectivity index (χ3n) is 3.53. The van der Waals surface area contributed by atoms with Gasteiger partial charge in [-0.2, -0.15) is 14.9 Å². The topological polar surface area (TPSA) is 86.1 Å². The van der Waals surface area contributed by atoms with Gasteiger partial charge in [0.15, 0.2) is 5.82 Å². The molecule has 120 valence electrons. The summed E-state index contributed by atoms with van der Waals surface area (Å²) in [5, 5.41) is 22.4. The molecule has 1 aromatic heterocycles. The van der Waals surface area contributed by atoms with Gasteiger partial charge in [-0.15, -0.1) is 0 Å². The largest absolute Gasteiger partial charge is 0.545 e. The molecule has 3 aromatic rings. The maximum atomic E-state index is 11.2. The first-order valence-electron chi connectivity index (χ1n) is 7.16. The van der Waals surface area contributed by atoms with Crippen LogP contribution in [0, 0.1) is 11.7 Å². The van der Waals surface area contributed by atoms with E-state index in [0.717, 1.165) is 11.1 Å². The van der Waals surface area contributed by atoms with Gasteiger partial charge < -0.3 is 9.90 Å². The Morgan fingerprint density at radius 2 is 1.96 bits per heavy atom. The highest BCUT2D eigenvalue weighted by atomic mass is 32.1. The number of aromatic nitrogens is 3. The van der Waals surface area contributed by atoms with Crippen LogP contribution in [0.15, 0.2) is 53.6 Å². The Morgan fingerprint density at radius 3 is 2.71 bits per heavy atom. The van der Waals surface area contributed by atoms with Gasteiger partial charge in [-0.3, -0.25) is 0 Å². The number of aromatic amines is 1. The molecular weight excluding hydrogens is 324 g/mol. The van der Waals surface area contributed by atoms with Crippen molar-refractivity contribution in [2.45, 2.75) is 6.92 Å². The Bertz CT molecular complexity index is 988. The number of hydrogen-bond donors (Lipinski definition) is 1. The average Bonchev–Trinajstić information content (AvgIpc) is 2.94. The van der Waals surface area contributed by atoms with Gasteiger partial charge in [-0.05, 0) is 24.7 Å². The van der Waals surface area contributed by atoms with Crippen LogP contribution in [-0.2, 0) is 0 Å². The molecule has 0 aliphatic rings. The Hall–Kier alpha value is -3.06. The van der Waals surface area contributed by atoms with Crippen LogP contribution < -0.4 is 5.11 Å². The molecule has 0 amide bonds. The van der Waals surface area contributed by atoms with Crippen LogP contribution in [0.1, 0.15) is 21.5 Å². The summed E-state index contributed by atoms with van der Waals surface area (Å²) in [5.41, 5.74) is 2.40. The van der Waals surface area contributed by atoms with E-state index in [2.05, 4.69) is 15.3 Å². The number of carboxylic acids is 1. The number of carboxylic acid groups (broad SMARTS) is 1. The number of nitrogens with one attached hydrogen (secondary N) is 1. The van der Waals surface area contributed by atoms with Crippen molar-refractivity contribution in [3.05, 3.63) is 70.0 Å². The summed E-state index contributed by atoms with van der Waals surface area (Å²) in [6.45, 7) is 1.96. The van der Waals surface area contributed by atoms with Crippen molar-refractivity contribution in [3.8, 4) is 11.4 Å². The smallest absolute Gasteiger partial charge is 0.216 e. The zero-order chi connectivity index (χ0) is 17.1. The Kier molecular flexibility index (Phi) is 4.35. The second-order valence-electron chi connectivity index (χ2n) is 5.10. The van der Waals surface area contributed by atoms with Gasteiger partial charge in [0.1, 0.15) is 0 Å². The monoisotopic (exact) mass is 337 g/mol. The van der Waals surface area contributed by atoms with Gasteiger partial charge in [-0.25, -0.2) is 5.10 Å². The van der Waals surface area contributed by atoms with Gasteiger partial charge in [-0.1, -0.05) is 48.5 Å². The van der Waals surface area contributed by atoms with Gasteiger partial charge in [0.05, 0.1) is 12.2 Å². The number of carbonyl (C=O) groups excluding carboxylic acids is 1. The molecule has 0 saturated heterocycles. The molecule has 1 N–H and O–H groups in total. The summed E-state index contributed by atoms with van der Waals surface area (Å²) in [5.74, 6) is -0.702. The van der Waals surface area contributed by atoms with Crippen LogP contribution in [0.25, 0.3) is 11.4 Å². The van der Waals surface area contributed by atoms with E-state index < -0.39 is 5.97 Å². The lowest BCUT2D eigenvalue weighted by Crippen LogP contribution is -2.23. The normalized spacial score (nSPS) is 11.0. The summed E-state index contributed by atoms with van der Waals surface area (Å²) in [6, 6.07) is 14.2. The molecule has 6 nitrogen and oxygen atoms in total. The second-order valence-corrected chi connectivity index (χ2v) is 5.49. The standard InChI is InChI=1S/C17H14N4O2S/c1-11-6-2-4-8-13(11)15-19-20-17(24)21(15)18-10-12-7-3-5-9-14(12)16(22)23/h2-10H,1H3,(H,20,24)(H,22,23)/p-1. The number of benzene rings is 2. The van der Waals surface area contributed by atoms with Gasteiger partial charge in [0.2, 0.25) is 4.77 Å². The number of carbonyl (C=O) groups is 1. The molecule has 0 radical (unpaired) electrons. The van der Waals surface area contributed by atoms with Crippen LogP contribution in [0.5, 0.6) is 0 Å². The minimum atomic E-state index is -1.26. The molecule has 0 fully saturated rings. The minimum Gasteiger partial charge on any atom is -0.545 e. The van der Waals surface area contributed by atoms with E-state index in [0.29, 0.717) is 16.2 Å². The molecule has 0 saturated carbocycles. The third kappa shape index (κ3) is 3.02. The zero-order valence-corrected chi connectivity index (χ0v) is 13.6. The third-order valence-corrected chi connectivity index (χ3v) is 3.79. The molecule has 3 rings (SSSR count). The number of rotatable bonds is 4. The quantitative estimate of drug-likeness (QED) is 0.584. The molecule has 1 heterocycles. The van der Waals surface area contributed by atoms with Crippen molar-refractivity contribution < 1.29 is 9.90 Å². The molecular formula is C17H13N4O2S-. The van der Waals surface area contributed by atoms with Crippen LogP contribution in [-0.4, -0.2) is 27.1 Å². The van der Waals surface area contributed by atoms with Crippen molar-refractivity contribution >= 4 is 24.4 Å². The van der Waals surface area contributed by atoms with E-state index in [1.165, 1.54) is 17.0 Å². The molecule has 24 heavy (non-hydrogen) atoms. The maximum absolute atomic E-state index is 11.2. The lowest BCUT2D eigenvalue weighted by molar-refractivity contribution is -0.255. The predicted octanol–water partition coefficient (Wildman–Crippen LogP) is 2.16. The van der Waals surface area contributed by atoms with E-state index in [4.69, 9.17) is 12.2 Å². The fourth-order valence-corrected chi connectivity index (χ4v) is 2.49. The number of aromatic carboxylic acids is 1. The highest BCUT2D eigenvalue weighted by Crippen LogP contribution is 2.21. The minimum absolute atomic E-state index is 0.0636. The first-order chi connectivity index (χ1) is 11.6. The number of aryl methyl sites for hydroxylation is 1. The summed E-state index contributed by atoms with van der Waals surface area (Å²) >= 11 is 5.22. The van der Waals surface area contributed by atoms with Crippen molar-refractivity contribution in [1.82, 2.24) is 14.9 Å². The second kappa shape index (κ2) is 6.59. The van der Waals surface area contributed by atoms with Crippen LogP contribution >= 0.6 is 12.2 Å². The lowest BCUT2D eigenvalue weighted by atomic mass is 10.1. The molecule has 0 aliphatic carbocycles. The average molecular weight is 337 g/mol. The Labute approximate surface area is 143 Å². The van der Waals surface area contributed by atoms with E-state index >= 15 is 0 Å². The van der Waals surface area contributed by atoms with Crippen LogP contribution in [0.4, 0.5) is 0 Å². The fraction of sp³-hybridized carbons (Fsp3) is 0.0588. The molecule has 7 heteroatoms. The number of hydrogen-bond acceptors (Lipinski definition) is 5. The zero-order valence-electron chi connectivity index (χ0n) is 12.8. The van der Waals surface area contributed by atoms with Gasteiger partial charge >= 0.3 is 0 Å². The van der Waals surface area contributed by atoms with Gasteiger partial charge in [0, 0.05) is 16.7 Å². The number of H-pyrrole nitrogens is 1.